The summed E-state index contributed by atoms with van der Waals surface area (Å²) in [7, 11) is 0. The van der Waals surface area contributed by atoms with Crippen LogP contribution in [0.2, 0.25) is 5.02 Å². The molecule has 2 aromatic rings. The lowest BCUT2D eigenvalue weighted by Crippen LogP contribution is -2.27. The van der Waals surface area contributed by atoms with Gasteiger partial charge in [0.25, 0.3) is 11.1 Å². The van der Waals surface area contributed by atoms with Gasteiger partial charge >= 0.3 is 0 Å². The number of ether oxygens (including phenoxy) is 1. The third-order valence-corrected chi connectivity index (χ3v) is 5.36. The molecule has 0 saturated carbocycles. The van der Waals surface area contributed by atoms with E-state index in [0.717, 1.165) is 31.5 Å². The predicted molar refractivity (Wildman–Crippen MR) is 110 cm³/mol. The molecule has 3 rings (SSSR count). The lowest BCUT2D eigenvalue weighted by Gasteiger charge is -2.12. The van der Waals surface area contributed by atoms with Crippen LogP contribution in [0.4, 0.5) is 10.5 Å². The quantitative estimate of drug-likeness (QED) is 0.419. The molecule has 0 aliphatic carbocycles. The fourth-order valence-electron chi connectivity index (χ4n) is 2.34. The first kappa shape index (κ1) is 18.3. The molecule has 2 aromatic carbocycles. The largest absolute Gasteiger partial charge is 0.493 e. The van der Waals surface area contributed by atoms with Gasteiger partial charge in [0.1, 0.15) is 5.75 Å². The van der Waals surface area contributed by atoms with Crippen molar-refractivity contribution in [3.63, 3.8) is 0 Å². The second-order valence-corrected chi connectivity index (χ2v) is 7.71. The van der Waals surface area contributed by atoms with Crippen LogP contribution in [0.15, 0.2) is 47.4 Å². The topological polar surface area (TPSA) is 46.6 Å². The molecular weight excluding hydrogens is 473 g/mol. The average molecular weight is 486 g/mol. The molecular formula is C18H13ClINO3S. The van der Waals surface area contributed by atoms with Crippen molar-refractivity contribution >= 4 is 68.9 Å². The Morgan fingerprint density at radius 3 is 2.72 bits per heavy atom. The molecule has 4 nitrogen and oxygen atoms in total. The van der Waals surface area contributed by atoms with Crippen molar-refractivity contribution in [3.05, 3.63) is 61.5 Å². The fraction of sp³-hybridized carbons (Fsp3) is 0.111. The van der Waals surface area contributed by atoms with Crippen LogP contribution in [-0.4, -0.2) is 17.8 Å². The number of halogens is 2. The molecule has 0 aromatic heterocycles. The molecule has 0 unspecified atom stereocenters. The summed E-state index contributed by atoms with van der Waals surface area (Å²) in [6, 6.07) is 12.3. The molecule has 7 heteroatoms. The number of rotatable bonds is 4. The van der Waals surface area contributed by atoms with Gasteiger partial charge in [-0.25, -0.2) is 4.90 Å². The van der Waals surface area contributed by atoms with Crippen LogP contribution in [0.3, 0.4) is 0 Å². The van der Waals surface area contributed by atoms with Gasteiger partial charge in [0.15, 0.2) is 0 Å². The van der Waals surface area contributed by atoms with Crippen molar-refractivity contribution in [3.8, 4) is 5.75 Å². The first-order valence-electron chi connectivity index (χ1n) is 7.45. The van der Waals surface area contributed by atoms with E-state index in [-0.39, 0.29) is 11.1 Å². The smallest absolute Gasteiger partial charge is 0.298 e. The molecule has 1 aliphatic rings. The summed E-state index contributed by atoms with van der Waals surface area (Å²) in [5.74, 6) is 0.452. The minimum atomic E-state index is -0.346. The molecule has 0 N–H and O–H groups in total. The highest BCUT2D eigenvalue weighted by molar-refractivity contribution is 14.1. The summed E-state index contributed by atoms with van der Waals surface area (Å²) in [6.07, 6.45) is 1.72. The number of nitrogens with zero attached hydrogens (tertiary/aromatic N) is 1. The van der Waals surface area contributed by atoms with E-state index >= 15 is 0 Å². The van der Waals surface area contributed by atoms with Gasteiger partial charge in [-0.05, 0) is 83.2 Å². The average Bonchev–Trinajstić information content (AvgIpc) is 2.84. The van der Waals surface area contributed by atoms with E-state index in [2.05, 4.69) is 22.6 Å². The number of hydrogen-bond acceptors (Lipinski definition) is 4. The number of imide groups is 1. The SMILES string of the molecule is CCOc1ccc(/C=C2/SC(=O)N(c3cccc(Cl)c3)C2=O)cc1I. The van der Waals surface area contributed by atoms with Crippen molar-refractivity contribution in [2.45, 2.75) is 6.92 Å². The van der Waals surface area contributed by atoms with E-state index in [4.69, 9.17) is 16.3 Å². The molecule has 0 bridgehead atoms. The summed E-state index contributed by atoms with van der Waals surface area (Å²) in [5.41, 5.74) is 1.31. The second-order valence-electron chi connectivity index (χ2n) is 5.12. The van der Waals surface area contributed by atoms with Gasteiger partial charge in [-0.15, -0.1) is 0 Å². The molecule has 0 spiro atoms. The highest BCUT2D eigenvalue weighted by Crippen LogP contribution is 2.36. The monoisotopic (exact) mass is 485 g/mol. The predicted octanol–water partition coefficient (Wildman–Crippen LogP) is 5.58. The van der Waals surface area contributed by atoms with Crippen molar-refractivity contribution < 1.29 is 14.3 Å². The van der Waals surface area contributed by atoms with Crippen molar-refractivity contribution in [2.24, 2.45) is 0 Å². The Balaban J connectivity index is 1.89. The van der Waals surface area contributed by atoms with Crippen LogP contribution >= 0.6 is 46.0 Å². The van der Waals surface area contributed by atoms with Crippen molar-refractivity contribution in [1.82, 2.24) is 0 Å². The van der Waals surface area contributed by atoms with Gasteiger partial charge in [-0.2, -0.15) is 0 Å². The lowest BCUT2D eigenvalue weighted by molar-refractivity contribution is -0.113. The Morgan fingerprint density at radius 2 is 2.04 bits per heavy atom. The van der Waals surface area contributed by atoms with Gasteiger partial charge in [-0.3, -0.25) is 9.59 Å². The third-order valence-electron chi connectivity index (χ3n) is 3.41. The van der Waals surface area contributed by atoms with Crippen LogP contribution in [0, 0.1) is 3.57 Å². The van der Waals surface area contributed by atoms with E-state index in [9.17, 15) is 9.59 Å². The molecule has 0 radical (unpaired) electrons. The number of thioether (sulfide) groups is 1. The minimum Gasteiger partial charge on any atom is -0.493 e. The number of amides is 2. The highest BCUT2D eigenvalue weighted by atomic mass is 127. The maximum atomic E-state index is 12.6. The maximum absolute atomic E-state index is 12.6. The Morgan fingerprint density at radius 1 is 1.24 bits per heavy atom. The Labute approximate surface area is 168 Å². The Hall–Kier alpha value is -1.51. The summed E-state index contributed by atoms with van der Waals surface area (Å²) in [5, 5.41) is 0.140. The number of carbonyl (C=O) groups excluding carboxylic acids is 2. The van der Waals surface area contributed by atoms with Gasteiger partial charge in [0.05, 0.1) is 20.8 Å². The number of anilines is 1. The standard InChI is InChI=1S/C18H13ClINO3S/c1-2-24-15-7-6-11(8-14(15)20)9-16-17(22)21(18(23)25-16)13-5-3-4-12(19)10-13/h3-10H,2H2,1H3/b16-9+. The fourth-order valence-corrected chi connectivity index (χ4v) is 4.06. The Bertz CT molecular complexity index is 884. The van der Waals surface area contributed by atoms with E-state index in [0.29, 0.717) is 22.2 Å². The molecule has 1 aliphatic heterocycles. The Kier molecular flexibility index (Phi) is 5.71. The van der Waals surface area contributed by atoms with Crippen LogP contribution < -0.4 is 9.64 Å². The number of carbonyl (C=O) groups is 2. The first-order valence-corrected chi connectivity index (χ1v) is 9.73. The molecule has 1 heterocycles. The molecule has 0 atom stereocenters. The van der Waals surface area contributed by atoms with Crippen molar-refractivity contribution in [1.29, 1.82) is 0 Å². The first-order chi connectivity index (χ1) is 12.0. The summed E-state index contributed by atoms with van der Waals surface area (Å²) in [6.45, 7) is 2.52. The number of hydrogen-bond donors (Lipinski definition) is 0. The molecule has 25 heavy (non-hydrogen) atoms. The highest BCUT2D eigenvalue weighted by Gasteiger charge is 2.36. The van der Waals surface area contributed by atoms with E-state index in [1.54, 1.807) is 30.3 Å². The molecule has 1 saturated heterocycles. The van der Waals surface area contributed by atoms with Crippen LogP contribution in [0.25, 0.3) is 6.08 Å². The summed E-state index contributed by atoms with van der Waals surface area (Å²) < 4.78 is 6.46. The lowest BCUT2D eigenvalue weighted by atomic mass is 10.2. The molecule has 128 valence electrons. The van der Waals surface area contributed by atoms with Crippen LogP contribution in [0.5, 0.6) is 5.75 Å². The van der Waals surface area contributed by atoms with E-state index < -0.39 is 0 Å². The normalized spacial score (nSPS) is 16.0. The zero-order valence-electron chi connectivity index (χ0n) is 13.2. The van der Waals surface area contributed by atoms with Gasteiger partial charge in [-0.1, -0.05) is 23.7 Å². The zero-order chi connectivity index (χ0) is 18.0. The third kappa shape index (κ3) is 4.02. The van der Waals surface area contributed by atoms with Crippen molar-refractivity contribution in [2.75, 3.05) is 11.5 Å². The zero-order valence-corrected chi connectivity index (χ0v) is 16.9. The molecule has 2 amide bonds. The van der Waals surface area contributed by atoms with E-state index in [1.165, 1.54) is 0 Å². The molecule has 1 fully saturated rings. The van der Waals surface area contributed by atoms with E-state index in [1.807, 2.05) is 25.1 Å². The second kappa shape index (κ2) is 7.80. The van der Waals surface area contributed by atoms with Gasteiger partial charge in [0.2, 0.25) is 0 Å². The summed E-state index contributed by atoms with van der Waals surface area (Å²) in [4.78, 5) is 26.4. The van der Waals surface area contributed by atoms with Crippen LogP contribution in [-0.2, 0) is 4.79 Å². The summed E-state index contributed by atoms with van der Waals surface area (Å²) >= 11 is 9.06. The van der Waals surface area contributed by atoms with Gasteiger partial charge in [0, 0.05) is 5.02 Å². The van der Waals surface area contributed by atoms with Gasteiger partial charge < -0.3 is 4.74 Å². The maximum Gasteiger partial charge on any atom is 0.298 e. The van der Waals surface area contributed by atoms with Crippen LogP contribution in [0.1, 0.15) is 12.5 Å². The minimum absolute atomic E-state index is 0.334. The number of benzene rings is 2.